The molecule has 1 aromatic carbocycles. The van der Waals surface area contributed by atoms with Gasteiger partial charge in [0, 0.05) is 43.1 Å². The number of carbonyl (C=O) groups excluding carboxylic acids is 1. The number of benzene rings is 1. The third-order valence-electron chi connectivity index (χ3n) is 8.15. The second-order valence-corrected chi connectivity index (χ2v) is 9.83. The summed E-state index contributed by atoms with van der Waals surface area (Å²) in [6, 6.07) is 8.21. The molecule has 2 atom stereocenters. The second-order valence-electron chi connectivity index (χ2n) is 9.83. The Balaban J connectivity index is 0.00000218. The highest BCUT2D eigenvalue weighted by atomic mass is 35.5. The number of nitrogens with zero attached hydrogens (tertiary/aromatic N) is 3. The smallest absolute Gasteiger partial charge is 0.233 e. The highest BCUT2D eigenvalue weighted by Crippen LogP contribution is 2.43. The van der Waals surface area contributed by atoms with Crippen LogP contribution in [0.4, 0.5) is 11.4 Å². The predicted octanol–water partition coefficient (Wildman–Crippen LogP) is 3.59. The predicted molar refractivity (Wildman–Crippen MR) is 126 cm³/mol. The van der Waals surface area contributed by atoms with Crippen LogP contribution >= 0.6 is 12.4 Å². The van der Waals surface area contributed by atoms with Crippen molar-refractivity contribution in [3.8, 4) is 0 Å². The molecule has 4 heterocycles. The molecule has 0 bridgehead atoms. The summed E-state index contributed by atoms with van der Waals surface area (Å²) in [5.74, 6) is 0.360. The van der Waals surface area contributed by atoms with E-state index in [9.17, 15) is 4.79 Å². The third-order valence-corrected chi connectivity index (χ3v) is 8.15. The summed E-state index contributed by atoms with van der Waals surface area (Å²) in [6.07, 6.45) is 6.97. The van der Waals surface area contributed by atoms with Gasteiger partial charge in [-0.1, -0.05) is 0 Å². The van der Waals surface area contributed by atoms with Gasteiger partial charge in [-0.25, -0.2) is 0 Å². The van der Waals surface area contributed by atoms with Crippen LogP contribution in [0.25, 0.3) is 0 Å². The fourth-order valence-corrected chi connectivity index (χ4v) is 6.30. The second kappa shape index (κ2) is 8.68. The number of amides is 1. The molecule has 0 radical (unpaired) electrons. The molecule has 1 spiro atoms. The number of likely N-dealkylation sites (tertiary alicyclic amines) is 1. The molecule has 166 valence electrons. The first-order chi connectivity index (χ1) is 14.1. The van der Waals surface area contributed by atoms with Gasteiger partial charge in [0.1, 0.15) is 0 Å². The number of anilines is 2. The van der Waals surface area contributed by atoms with E-state index in [-0.39, 0.29) is 17.8 Å². The molecule has 4 fully saturated rings. The van der Waals surface area contributed by atoms with Gasteiger partial charge in [0.15, 0.2) is 0 Å². The molecule has 0 aromatic heterocycles. The fourth-order valence-electron chi connectivity index (χ4n) is 6.30. The van der Waals surface area contributed by atoms with Gasteiger partial charge >= 0.3 is 0 Å². The zero-order chi connectivity index (χ0) is 20.0. The van der Waals surface area contributed by atoms with Gasteiger partial charge in [-0.15, -0.1) is 12.4 Å². The Labute approximate surface area is 187 Å². The average Bonchev–Trinajstić information content (AvgIpc) is 3.44. The molecule has 1 aromatic rings. The average molecular weight is 433 g/mol. The summed E-state index contributed by atoms with van der Waals surface area (Å²) in [7, 11) is 0. The lowest BCUT2D eigenvalue weighted by Gasteiger charge is -2.32. The Morgan fingerprint density at radius 1 is 1.07 bits per heavy atom. The summed E-state index contributed by atoms with van der Waals surface area (Å²) in [6.45, 7) is 10.9. The molecule has 1 amide bonds. The highest BCUT2D eigenvalue weighted by molar-refractivity contribution is 6.00. The van der Waals surface area contributed by atoms with Crippen molar-refractivity contribution in [1.29, 1.82) is 0 Å². The normalized spacial score (nSPS) is 29.1. The number of carbonyl (C=O) groups is 1. The van der Waals surface area contributed by atoms with E-state index in [2.05, 4.69) is 52.1 Å². The molecule has 5 rings (SSSR count). The van der Waals surface area contributed by atoms with Crippen molar-refractivity contribution in [2.24, 2.45) is 5.41 Å². The lowest BCUT2D eigenvalue weighted by molar-refractivity contribution is -0.126. The molecule has 5 nitrogen and oxygen atoms in total. The van der Waals surface area contributed by atoms with Crippen molar-refractivity contribution in [2.75, 3.05) is 49.1 Å². The number of piperidine rings is 1. The van der Waals surface area contributed by atoms with E-state index >= 15 is 0 Å². The molecule has 6 heteroatoms. The molecular formula is C24H37ClN4O. The van der Waals surface area contributed by atoms with Crippen LogP contribution in [0.15, 0.2) is 18.2 Å². The SMILES string of the molecule is Cc1cc(N2CC[C@@H](N3CCC[C@@H]3C)C2)ccc1N1CCC2(CCNCC2)C1=O.Cl. The molecular weight excluding hydrogens is 396 g/mol. The van der Waals surface area contributed by atoms with Crippen LogP contribution in [-0.2, 0) is 4.79 Å². The topological polar surface area (TPSA) is 38.8 Å². The molecule has 0 saturated carbocycles. The number of halogens is 1. The lowest BCUT2D eigenvalue weighted by Crippen LogP contribution is -2.42. The van der Waals surface area contributed by atoms with Crippen molar-refractivity contribution in [1.82, 2.24) is 10.2 Å². The van der Waals surface area contributed by atoms with Gasteiger partial charge in [0.25, 0.3) is 0 Å². The maximum atomic E-state index is 13.3. The van der Waals surface area contributed by atoms with Crippen molar-refractivity contribution < 1.29 is 4.79 Å². The Bertz CT molecular complexity index is 778. The molecule has 30 heavy (non-hydrogen) atoms. The van der Waals surface area contributed by atoms with Crippen molar-refractivity contribution in [3.63, 3.8) is 0 Å². The van der Waals surface area contributed by atoms with Crippen molar-refractivity contribution >= 4 is 29.7 Å². The van der Waals surface area contributed by atoms with Gasteiger partial charge in [-0.2, -0.15) is 0 Å². The van der Waals surface area contributed by atoms with Crippen LogP contribution in [0.1, 0.15) is 51.0 Å². The highest BCUT2D eigenvalue weighted by Gasteiger charge is 2.47. The van der Waals surface area contributed by atoms with Gasteiger partial charge in [-0.05, 0) is 95.8 Å². The molecule has 1 N–H and O–H groups in total. The zero-order valence-corrected chi connectivity index (χ0v) is 19.3. The van der Waals surface area contributed by atoms with Gasteiger partial charge < -0.3 is 15.1 Å². The minimum absolute atomic E-state index is 0. The fraction of sp³-hybridized carbons (Fsp3) is 0.708. The number of hydrogen-bond acceptors (Lipinski definition) is 4. The van der Waals surface area contributed by atoms with E-state index in [1.54, 1.807) is 0 Å². The van der Waals surface area contributed by atoms with Crippen LogP contribution in [-0.4, -0.2) is 62.2 Å². The molecule has 4 aliphatic heterocycles. The Morgan fingerprint density at radius 2 is 1.87 bits per heavy atom. The maximum absolute atomic E-state index is 13.3. The number of rotatable bonds is 3. The molecule has 4 saturated heterocycles. The summed E-state index contributed by atoms with van der Waals surface area (Å²) < 4.78 is 0. The Kier molecular flexibility index (Phi) is 6.34. The Morgan fingerprint density at radius 3 is 2.57 bits per heavy atom. The third kappa shape index (κ3) is 3.74. The van der Waals surface area contributed by atoms with Crippen molar-refractivity contribution in [3.05, 3.63) is 23.8 Å². The van der Waals surface area contributed by atoms with Gasteiger partial charge in [0.2, 0.25) is 5.91 Å². The van der Waals surface area contributed by atoms with E-state index < -0.39 is 0 Å². The zero-order valence-electron chi connectivity index (χ0n) is 18.5. The molecule has 0 aliphatic carbocycles. The summed E-state index contributed by atoms with van der Waals surface area (Å²) in [4.78, 5) is 20.6. The quantitative estimate of drug-likeness (QED) is 0.792. The summed E-state index contributed by atoms with van der Waals surface area (Å²) in [5, 5.41) is 3.41. The van der Waals surface area contributed by atoms with E-state index in [1.807, 2.05) is 0 Å². The summed E-state index contributed by atoms with van der Waals surface area (Å²) >= 11 is 0. The van der Waals surface area contributed by atoms with Crippen LogP contribution in [0.3, 0.4) is 0 Å². The standard InChI is InChI=1S/C24H36N4O.ClH/c1-18-16-20(26-14-7-21(17-26)27-13-3-4-19(27)2)5-6-22(18)28-15-10-24(23(28)29)8-11-25-12-9-24;/h5-6,16,19,21,25H,3-4,7-15,17H2,1-2H3;1H/t19-,21+;/m0./s1. The van der Waals surface area contributed by atoms with E-state index in [4.69, 9.17) is 0 Å². The van der Waals surface area contributed by atoms with Crippen LogP contribution < -0.4 is 15.1 Å². The first kappa shape index (κ1) is 21.9. The monoisotopic (exact) mass is 432 g/mol. The Hall–Kier alpha value is -1.30. The van der Waals surface area contributed by atoms with Crippen LogP contribution in [0, 0.1) is 12.3 Å². The largest absolute Gasteiger partial charge is 0.370 e. The van der Waals surface area contributed by atoms with Gasteiger partial charge in [-0.3, -0.25) is 9.69 Å². The lowest BCUT2D eigenvalue weighted by atomic mass is 9.77. The molecule has 4 aliphatic rings. The van der Waals surface area contributed by atoms with Crippen LogP contribution in [0.5, 0.6) is 0 Å². The van der Waals surface area contributed by atoms with Crippen molar-refractivity contribution in [2.45, 2.75) is 64.5 Å². The van der Waals surface area contributed by atoms with E-state index in [0.29, 0.717) is 11.9 Å². The van der Waals surface area contributed by atoms with Gasteiger partial charge in [0.05, 0.1) is 5.41 Å². The minimum Gasteiger partial charge on any atom is -0.370 e. The minimum atomic E-state index is -0.106. The maximum Gasteiger partial charge on any atom is 0.233 e. The number of aryl methyl sites for hydroxylation is 1. The van der Waals surface area contributed by atoms with E-state index in [1.165, 1.54) is 37.1 Å². The number of hydrogen-bond donors (Lipinski definition) is 1. The molecule has 0 unspecified atom stereocenters. The number of nitrogens with one attached hydrogen (secondary N) is 1. The van der Waals surface area contributed by atoms with E-state index in [0.717, 1.165) is 63.7 Å². The first-order valence-electron chi connectivity index (χ1n) is 11.7. The first-order valence-corrected chi connectivity index (χ1v) is 11.7. The summed E-state index contributed by atoms with van der Waals surface area (Å²) in [5.41, 5.74) is 3.58. The van der Waals surface area contributed by atoms with Crippen LogP contribution in [0.2, 0.25) is 0 Å².